The minimum atomic E-state index is -0.875. The number of carboxylic acid groups (broad SMARTS) is 1. The standard InChI is InChI=1S/C23H28ClNO3S/c1-13(2)21-14(3)18(10-9-17(21)25-22(28)23(4,5)6)29-19-11-15(12-20(26)27)7-8-16(19)24/h7-11,13H,12H2,1-6H3,(H,25,28)(H,26,27). The second-order valence-electron chi connectivity index (χ2n) is 8.45. The van der Waals surface area contributed by atoms with Gasteiger partial charge in [-0.1, -0.05) is 64.0 Å². The molecule has 4 nitrogen and oxygen atoms in total. The quantitative estimate of drug-likeness (QED) is 0.543. The Labute approximate surface area is 182 Å². The van der Waals surface area contributed by atoms with Crippen molar-refractivity contribution in [2.24, 2.45) is 5.41 Å². The Kier molecular flexibility index (Phi) is 7.41. The fraction of sp³-hybridized carbons (Fsp3) is 0.391. The summed E-state index contributed by atoms with van der Waals surface area (Å²) in [5.41, 5.74) is 3.22. The smallest absolute Gasteiger partial charge is 0.307 e. The van der Waals surface area contributed by atoms with Gasteiger partial charge in [0, 0.05) is 20.9 Å². The molecule has 0 radical (unpaired) electrons. The van der Waals surface area contributed by atoms with Crippen LogP contribution < -0.4 is 5.32 Å². The number of carbonyl (C=O) groups excluding carboxylic acids is 1. The topological polar surface area (TPSA) is 66.4 Å². The van der Waals surface area contributed by atoms with Gasteiger partial charge in [-0.05, 0) is 53.8 Å². The molecule has 156 valence electrons. The van der Waals surface area contributed by atoms with Gasteiger partial charge in [0.2, 0.25) is 5.91 Å². The lowest BCUT2D eigenvalue weighted by atomic mass is 9.93. The Balaban J connectivity index is 2.42. The molecule has 0 aliphatic carbocycles. The fourth-order valence-electron chi connectivity index (χ4n) is 3.01. The van der Waals surface area contributed by atoms with Crippen LogP contribution >= 0.6 is 23.4 Å². The lowest BCUT2D eigenvalue weighted by Gasteiger charge is -2.23. The van der Waals surface area contributed by atoms with E-state index in [9.17, 15) is 9.59 Å². The number of carboxylic acids is 1. The molecular weight excluding hydrogens is 406 g/mol. The van der Waals surface area contributed by atoms with Gasteiger partial charge in [-0.25, -0.2) is 0 Å². The van der Waals surface area contributed by atoms with E-state index in [1.165, 1.54) is 11.8 Å². The van der Waals surface area contributed by atoms with Crippen molar-refractivity contribution in [2.45, 2.75) is 63.7 Å². The van der Waals surface area contributed by atoms with E-state index in [1.54, 1.807) is 12.1 Å². The first-order valence-electron chi connectivity index (χ1n) is 9.53. The van der Waals surface area contributed by atoms with E-state index >= 15 is 0 Å². The highest BCUT2D eigenvalue weighted by Gasteiger charge is 2.23. The van der Waals surface area contributed by atoms with Crippen molar-refractivity contribution in [3.8, 4) is 0 Å². The summed E-state index contributed by atoms with van der Waals surface area (Å²) in [5.74, 6) is -0.677. The molecule has 0 saturated heterocycles. The maximum Gasteiger partial charge on any atom is 0.307 e. The first kappa shape index (κ1) is 23.3. The van der Waals surface area contributed by atoms with E-state index in [2.05, 4.69) is 19.2 Å². The van der Waals surface area contributed by atoms with Crippen LogP contribution in [-0.2, 0) is 16.0 Å². The van der Waals surface area contributed by atoms with Crippen LogP contribution in [0.4, 0.5) is 5.69 Å². The molecule has 6 heteroatoms. The van der Waals surface area contributed by atoms with E-state index in [1.807, 2.05) is 45.9 Å². The number of aliphatic carboxylic acids is 1. The van der Waals surface area contributed by atoms with Gasteiger partial charge in [-0.15, -0.1) is 0 Å². The molecule has 0 aromatic heterocycles. The van der Waals surface area contributed by atoms with Crippen LogP contribution in [0.5, 0.6) is 0 Å². The van der Waals surface area contributed by atoms with Crippen molar-refractivity contribution < 1.29 is 14.7 Å². The zero-order chi connectivity index (χ0) is 21.9. The highest BCUT2D eigenvalue weighted by molar-refractivity contribution is 7.99. The summed E-state index contributed by atoms with van der Waals surface area (Å²) in [6, 6.07) is 9.20. The number of anilines is 1. The number of benzene rings is 2. The molecule has 0 bridgehead atoms. The summed E-state index contributed by atoms with van der Waals surface area (Å²) in [5, 5.41) is 12.7. The van der Waals surface area contributed by atoms with Gasteiger partial charge in [0.1, 0.15) is 0 Å². The Morgan fingerprint density at radius 3 is 2.34 bits per heavy atom. The van der Waals surface area contributed by atoms with Crippen LogP contribution in [0.3, 0.4) is 0 Å². The second kappa shape index (κ2) is 9.23. The maximum atomic E-state index is 12.5. The van der Waals surface area contributed by atoms with Crippen LogP contribution in [-0.4, -0.2) is 17.0 Å². The number of halogens is 1. The largest absolute Gasteiger partial charge is 0.481 e. The minimum Gasteiger partial charge on any atom is -0.481 e. The minimum absolute atomic E-state index is 0.0244. The summed E-state index contributed by atoms with van der Waals surface area (Å²) in [4.78, 5) is 25.3. The van der Waals surface area contributed by atoms with Crippen LogP contribution in [0.1, 0.15) is 57.2 Å². The molecule has 0 fully saturated rings. The van der Waals surface area contributed by atoms with Crippen LogP contribution in [0, 0.1) is 12.3 Å². The molecule has 0 unspecified atom stereocenters. The third kappa shape index (κ3) is 6.00. The number of nitrogens with one attached hydrogen (secondary N) is 1. The molecule has 2 aromatic rings. The summed E-state index contributed by atoms with van der Waals surface area (Å²) in [6.07, 6.45) is -0.0429. The summed E-state index contributed by atoms with van der Waals surface area (Å²) >= 11 is 7.87. The molecule has 0 heterocycles. The van der Waals surface area contributed by atoms with E-state index in [-0.39, 0.29) is 18.2 Å². The van der Waals surface area contributed by atoms with Crippen molar-refractivity contribution in [3.05, 3.63) is 52.0 Å². The molecule has 2 N–H and O–H groups in total. The molecule has 0 aliphatic rings. The Morgan fingerprint density at radius 2 is 1.79 bits per heavy atom. The van der Waals surface area contributed by atoms with Gasteiger partial charge in [-0.2, -0.15) is 0 Å². The Bertz CT molecular complexity index is 932. The molecule has 0 spiro atoms. The summed E-state index contributed by atoms with van der Waals surface area (Å²) in [6.45, 7) is 11.9. The number of amides is 1. The average Bonchev–Trinajstić information content (AvgIpc) is 2.58. The van der Waals surface area contributed by atoms with E-state index in [0.29, 0.717) is 10.6 Å². The molecule has 2 rings (SSSR count). The van der Waals surface area contributed by atoms with Gasteiger partial charge in [0.05, 0.1) is 11.4 Å². The van der Waals surface area contributed by atoms with Gasteiger partial charge in [-0.3, -0.25) is 9.59 Å². The van der Waals surface area contributed by atoms with Crippen molar-refractivity contribution in [1.29, 1.82) is 0 Å². The van der Waals surface area contributed by atoms with E-state index in [4.69, 9.17) is 16.7 Å². The zero-order valence-electron chi connectivity index (χ0n) is 17.7. The molecule has 0 saturated carbocycles. The summed E-state index contributed by atoms with van der Waals surface area (Å²) < 4.78 is 0. The van der Waals surface area contributed by atoms with Gasteiger partial charge < -0.3 is 10.4 Å². The Hall–Kier alpha value is -1.98. The zero-order valence-corrected chi connectivity index (χ0v) is 19.3. The lowest BCUT2D eigenvalue weighted by molar-refractivity contribution is -0.136. The molecule has 1 amide bonds. The van der Waals surface area contributed by atoms with Crippen molar-refractivity contribution in [2.75, 3.05) is 5.32 Å². The molecule has 29 heavy (non-hydrogen) atoms. The number of hydrogen-bond donors (Lipinski definition) is 2. The first-order chi connectivity index (χ1) is 13.4. The van der Waals surface area contributed by atoms with Crippen molar-refractivity contribution in [3.63, 3.8) is 0 Å². The van der Waals surface area contributed by atoms with Crippen molar-refractivity contribution >= 4 is 40.9 Å². The fourth-order valence-corrected chi connectivity index (χ4v) is 4.26. The predicted molar refractivity (Wildman–Crippen MR) is 120 cm³/mol. The lowest BCUT2D eigenvalue weighted by Crippen LogP contribution is -2.28. The Morgan fingerprint density at radius 1 is 1.14 bits per heavy atom. The van der Waals surface area contributed by atoms with Crippen molar-refractivity contribution in [1.82, 2.24) is 0 Å². The molecular formula is C23H28ClNO3S. The number of rotatable bonds is 6. The SMILES string of the molecule is Cc1c(Sc2cc(CC(=O)O)ccc2Cl)ccc(NC(=O)C(C)(C)C)c1C(C)C. The summed E-state index contributed by atoms with van der Waals surface area (Å²) in [7, 11) is 0. The predicted octanol–water partition coefficient (Wildman–Crippen LogP) is 6.53. The normalized spacial score (nSPS) is 11.6. The van der Waals surface area contributed by atoms with Gasteiger partial charge in [0.25, 0.3) is 0 Å². The van der Waals surface area contributed by atoms with Crippen LogP contribution in [0.15, 0.2) is 40.1 Å². The van der Waals surface area contributed by atoms with Gasteiger partial charge >= 0.3 is 5.97 Å². The third-order valence-corrected chi connectivity index (χ3v) is 6.20. The molecule has 0 aliphatic heterocycles. The van der Waals surface area contributed by atoms with E-state index < -0.39 is 11.4 Å². The number of hydrogen-bond acceptors (Lipinski definition) is 3. The highest BCUT2D eigenvalue weighted by Crippen LogP contribution is 2.40. The molecule has 0 atom stereocenters. The monoisotopic (exact) mass is 433 g/mol. The molecule has 2 aromatic carbocycles. The van der Waals surface area contributed by atoms with Gasteiger partial charge in [0.15, 0.2) is 0 Å². The average molecular weight is 434 g/mol. The van der Waals surface area contributed by atoms with Crippen LogP contribution in [0.25, 0.3) is 0 Å². The van der Waals surface area contributed by atoms with E-state index in [0.717, 1.165) is 26.6 Å². The maximum absolute atomic E-state index is 12.5. The number of carbonyl (C=O) groups is 2. The third-order valence-electron chi connectivity index (χ3n) is 4.54. The van der Waals surface area contributed by atoms with Crippen LogP contribution in [0.2, 0.25) is 5.02 Å². The second-order valence-corrected chi connectivity index (χ2v) is 9.94. The highest BCUT2D eigenvalue weighted by atomic mass is 35.5. The first-order valence-corrected chi connectivity index (χ1v) is 10.7.